The lowest BCUT2D eigenvalue weighted by Gasteiger charge is -2.30. The van der Waals surface area contributed by atoms with Crippen LogP contribution in [0.15, 0.2) is 12.4 Å². The minimum atomic E-state index is -0.987. The van der Waals surface area contributed by atoms with Gasteiger partial charge >= 0.3 is 6.09 Å². The fourth-order valence-electron chi connectivity index (χ4n) is 2.23. The van der Waals surface area contributed by atoms with E-state index < -0.39 is 11.6 Å². The monoisotopic (exact) mass is 428 g/mol. The summed E-state index contributed by atoms with van der Waals surface area (Å²) in [6.45, 7) is 5.54. The third kappa shape index (κ3) is 6.77. The Kier molecular flexibility index (Phi) is 6.46. The number of hydrogen-bond donors (Lipinski definition) is 2. The van der Waals surface area contributed by atoms with Gasteiger partial charge in [0.1, 0.15) is 0 Å². The molecule has 2 heterocycles. The Balaban J connectivity index is 0.000000186. The van der Waals surface area contributed by atoms with Crippen LogP contribution in [-0.4, -0.2) is 26.7 Å². The molecule has 2 aliphatic rings. The molecule has 0 aliphatic heterocycles. The number of nitrogens with zero attached hydrogens (tertiary/aromatic N) is 3. The molecule has 0 saturated heterocycles. The summed E-state index contributed by atoms with van der Waals surface area (Å²) in [6, 6.07) is 0. The summed E-state index contributed by atoms with van der Waals surface area (Å²) in [7, 11) is 0. The zero-order chi connectivity index (χ0) is 21.0. The van der Waals surface area contributed by atoms with Crippen molar-refractivity contribution in [1.29, 1.82) is 0 Å². The molecular formula is C21H24N4O2S2. The van der Waals surface area contributed by atoms with Gasteiger partial charge in [-0.1, -0.05) is 46.4 Å². The second-order valence-corrected chi connectivity index (χ2v) is 10.0. The molecule has 2 aliphatic carbocycles. The molecule has 8 heteroatoms. The maximum Gasteiger partial charge on any atom is 0.414 e. The Morgan fingerprint density at radius 2 is 1.59 bits per heavy atom. The highest BCUT2D eigenvalue weighted by molar-refractivity contribution is 7.16. The van der Waals surface area contributed by atoms with Gasteiger partial charge in [0.05, 0.1) is 22.1 Å². The standard InChI is InChI=1S/C13H16N2O2S.C8H8N2S/c1-13(2,3)15(12(16)17)11-14-8-10(18-11)7-6-9-4-5-9;9-8-10-5-7(11-8)4-3-6-1-2-6/h8-9H,4-5H2,1-3H3,(H,16,17);5-6H,1-2H2,(H2,9,10). The van der Waals surface area contributed by atoms with Crippen molar-refractivity contribution in [2.24, 2.45) is 11.8 Å². The van der Waals surface area contributed by atoms with Gasteiger partial charge < -0.3 is 10.8 Å². The highest BCUT2D eigenvalue weighted by Gasteiger charge is 2.30. The van der Waals surface area contributed by atoms with Gasteiger partial charge in [0.2, 0.25) is 0 Å². The average Bonchev–Trinajstić information content (AvgIpc) is 3.55. The number of carbonyl (C=O) groups is 1. The first-order chi connectivity index (χ1) is 13.7. The van der Waals surface area contributed by atoms with Gasteiger partial charge in [0.15, 0.2) is 10.3 Å². The van der Waals surface area contributed by atoms with Gasteiger partial charge in [-0.2, -0.15) is 0 Å². The molecule has 2 aromatic rings. The third-order valence-electron chi connectivity index (χ3n) is 4.02. The zero-order valence-corrected chi connectivity index (χ0v) is 18.4. The van der Waals surface area contributed by atoms with Crippen molar-refractivity contribution in [2.75, 3.05) is 10.6 Å². The minimum Gasteiger partial charge on any atom is -0.465 e. The number of carboxylic acid groups (broad SMARTS) is 1. The largest absolute Gasteiger partial charge is 0.465 e. The van der Waals surface area contributed by atoms with Crippen LogP contribution >= 0.6 is 22.7 Å². The molecule has 0 spiro atoms. The second-order valence-electron chi connectivity index (χ2n) is 7.95. The molecule has 2 aromatic heterocycles. The predicted molar refractivity (Wildman–Crippen MR) is 118 cm³/mol. The van der Waals surface area contributed by atoms with E-state index in [4.69, 9.17) is 5.73 Å². The van der Waals surface area contributed by atoms with Crippen LogP contribution in [0.3, 0.4) is 0 Å². The van der Waals surface area contributed by atoms with E-state index in [1.54, 1.807) is 12.4 Å². The van der Waals surface area contributed by atoms with Crippen molar-refractivity contribution in [1.82, 2.24) is 9.97 Å². The van der Waals surface area contributed by atoms with Gasteiger partial charge in [-0.3, -0.25) is 0 Å². The first kappa shape index (κ1) is 21.2. The highest BCUT2D eigenvalue weighted by atomic mass is 32.1. The van der Waals surface area contributed by atoms with Crippen molar-refractivity contribution < 1.29 is 9.90 Å². The molecule has 2 saturated carbocycles. The summed E-state index contributed by atoms with van der Waals surface area (Å²) >= 11 is 2.78. The maximum atomic E-state index is 11.3. The summed E-state index contributed by atoms with van der Waals surface area (Å²) in [6.07, 6.45) is 7.29. The Hall–Kier alpha value is -2.55. The first-order valence-electron chi connectivity index (χ1n) is 9.46. The molecule has 0 atom stereocenters. The quantitative estimate of drug-likeness (QED) is 0.644. The van der Waals surface area contributed by atoms with Crippen molar-refractivity contribution >= 4 is 39.0 Å². The van der Waals surface area contributed by atoms with Crippen molar-refractivity contribution in [3.05, 3.63) is 22.1 Å². The second kappa shape index (κ2) is 8.86. The van der Waals surface area contributed by atoms with E-state index in [1.165, 1.54) is 53.3 Å². The highest BCUT2D eigenvalue weighted by Crippen LogP contribution is 2.30. The average molecular weight is 429 g/mol. The van der Waals surface area contributed by atoms with E-state index >= 15 is 0 Å². The molecule has 6 nitrogen and oxygen atoms in total. The zero-order valence-electron chi connectivity index (χ0n) is 16.7. The number of aromatic nitrogens is 2. The fraction of sp³-hybridized carbons (Fsp3) is 0.476. The van der Waals surface area contributed by atoms with E-state index in [0.717, 1.165) is 9.75 Å². The predicted octanol–water partition coefficient (Wildman–Crippen LogP) is 4.67. The Labute approximate surface area is 179 Å². The SMILES string of the molecule is CC(C)(C)N(C(=O)O)c1ncc(C#CC2CC2)s1.Nc1ncc(C#CC2CC2)s1. The summed E-state index contributed by atoms with van der Waals surface area (Å²) < 4.78 is 0. The Bertz CT molecular complexity index is 990. The third-order valence-corrected chi connectivity index (χ3v) is 5.66. The summed E-state index contributed by atoms with van der Waals surface area (Å²) in [5, 5.41) is 10.3. The molecule has 0 unspecified atom stereocenters. The van der Waals surface area contributed by atoms with Crippen LogP contribution in [0, 0.1) is 35.5 Å². The van der Waals surface area contributed by atoms with E-state index in [0.29, 0.717) is 22.1 Å². The van der Waals surface area contributed by atoms with Crippen LogP contribution in [0.1, 0.15) is 56.2 Å². The summed E-state index contributed by atoms with van der Waals surface area (Å²) in [5.74, 6) is 13.6. The number of rotatable bonds is 1. The normalized spacial score (nSPS) is 15.1. The lowest BCUT2D eigenvalue weighted by Crippen LogP contribution is -2.45. The van der Waals surface area contributed by atoms with Gasteiger partial charge in [0, 0.05) is 17.4 Å². The Morgan fingerprint density at radius 1 is 1.07 bits per heavy atom. The van der Waals surface area contributed by atoms with Crippen LogP contribution in [0.4, 0.5) is 15.1 Å². The fourth-order valence-corrected chi connectivity index (χ4v) is 3.74. The number of thiazole rings is 2. The smallest absolute Gasteiger partial charge is 0.414 e. The number of anilines is 2. The molecule has 2 fully saturated rings. The molecule has 3 N–H and O–H groups in total. The lowest BCUT2D eigenvalue weighted by atomic mass is 10.1. The number of nitrogen functional groups attached to an aromatic ring is 1. The maximum absolute atomic E-state index is 11.3. The van der Waals surface area contributed by atoms with Crippen LogP contribution in [-0.2, 0) is 0 Å². The number of nitrogens with two attached hydrogens (primary N) is 1. The summed E-state index contributed by atoms with van der Waals surface area (Å²) in [4.78, 5) is 22.4. The molecule has 152 valence electrons. The Morgan fingerprint density at radius 3 is 2.00 bits per heavy atom. The molecular weight excluding hydrogens is 404 g/mol. The van der Waals surface area contributed by atoms with Gasteiger partial charge in [-0.15, -0.1) is 0 Å². The molecule has 29 heavy (non-hydrogen) atoms. The van der Waals surface area contributed by atoms with Gasteiger partial charge in [-0.25, -0.2) is 19.7 Å². The molecule has 0 aromatic carbocycles. The van der Waals surface area contributed by atoms with Gasteiger partial charge in [0.25, 0.3) is 0 Å². The first-order valence-corrected chi connectivity index (χ1v) is 11.1. The van der Waals surface area contributed by atoms with E-state index in [9.17, 15) is 9.90 Å². The van der Waals surface area contributed by atoms with E-state index in [-0.39, 0.29) is 0 Å². The van der Waals surface area contributed by atoms with Crippen molar-refractivity contribution in [2.45, 2.75) is 52.0 Å². The van der Waals surface area contributed by atoms with Crippen LogP contribution in [0.5, 0.6) is 0 Å². The molecule has 0 radical (unpaired) electrons. The number of hydrogen-bond acceptors (Lipinski definition) is 6. The lowest BCUT2D eigenvalue weighted by molar-refractivity contribution is 0.195. The summed E-state index contributed by atoms with van der Waals surface area (Å²) in [5.41, 5.74) is 4.93. The van der Waals surface area contributed by atoms with Crippen LogP contribution in [0.2, 0.25) is 0 Å². The molecule has 0 bridgehead atoms. The minimum absolute atomic E-state index is 0.482. The van der Waals surface area contributed by atoms with Crippen molar-refractivity contribution in [3.8, 4) is 23.7 Å². The molecule has 4 rings (SSSR count). The van der Waals surface area contributed by atoms with Gasteiger partial charge in [-0.05, 0) is 46.5 Å². The van der Waals surface area contributed by atoms with Crippen LogP contribution < -0.4 is 10.6 Å². The van der Waals surface area contributed by atoms with Crippen molar-refractivity contribution in [3.63, 3.8) is 0 Å². The van der Waals surface area contributed by atoms with E-state index in [2.05, 4.69) is 33.6 Å². The van der Waals surface area contributed by atoms with E-state index in [1.807, 2.05) is 20.8 Å². The number of amides is 1. The molecule has 1 amide bonds. The topological polar surface area (TPSA) is 92.3 Å². The van der Waals surface area contributed by atoms with Crippen LogP contribution in [0.25, 0.3) is 0 Å².